The van der Waals surface area contributed by atoms with Crippen molar-refractivity contribution in [3.8, 4) is 0 Å². The molecule has 2 heterocycles. The number of hydrogen-bond acceptors (Lipinski definition) is 4. The van der Waals surface area contributed by atoms with E-state index in [0.29, 0.717) is 26.1 Å². The monoisotopic (exact) mass is 308 g/mol. The van der Waals surface area contributed by atoms with Crippen LogP contribution in [-0.2, 0) is 16.6 Å². The summed E-state index contributed by atoms with van der Waals surface area (Å²) in [5.74, 6) is -2.17. The molecule has 1 aliphatic heterocycles. The van der Waals surface area contributed by atoms with Crippen molar-refractivity contribution in [2.75, 3.05) is 19.8 Å². The maximum absolute atomic E-state index is 12.1. The number of aliphatic carboxylic acids is 1. The largest absolute Gasteiger partial charge is 0.481 e. The molecular weight excluding hydrogens is 288 g/mol. The third kappa shape index (κ3) is 3.73. The number of carboxylic acids is 1. The highest BCUT2D eigenvalue weighted by Gasteiger charge is 2.30. The van der Waals surface area contributed by atoms with Gasteiger partial charge in [0.1, 0.15) is 5.56 Å². The average molecular weight is 308 g/mol. The van der Waals surface area contributed by atoms with E-state index in [9.17, 15) is 19.5 Å². The molecule has 22 heavy (non-hydrogen) atoms. The molecule has 1 fully saturated rings. The summed E-state index contributed by atoms with van der Waals surface area (Å²) >= 11 is 0. The second kappa shape index (κ2) is 7.22. The van der Waals surface area contributed by atoms with Crippen molar-refractivity contribution < 1.29 is 19.4 Å². The first kappa shape index (κ1) is 16.2. The normalized spacial score (nSPS) is 17.0. The Labute approximate surface area is 127 Å². The summed E-state index contributed by atoms with van der Waals surface area (Å²) in [7, 11) is 1.56. The van der Waals surface area contributed by atoms with Crippen molar-refractivity contribution in [3.05, 3.63) is 34.2 Å². The van der Waals surface area contributed by atoms with Crippen LogP contribution < -0.4 is 10.9 Å². The molecule has 1 amide bonds. The van der Waals surface area contributed by atoms with E-state index in [1.807, 2.05) is 0 Å². The molecule has 120 valence electrons. The van der Waals surface area contributed by atoms with Crippen molar-refractivity contribution in [2.24, 2.45) is 18.9 Å². The number of nitrogens with zero attached hydrogens (tertiary/aromatic N) is 1. The molecule has 7 nitrogen and oxygen atoms in total. The van der Waals surface area contributed by atoms with Crippen LogP contribution in [0.5, 0.6) is 0 Å². The van der Waals surface area contributed by atoms with Crippen molar-refractivity contribution in [1.29, 1.82) is 0 Å². The van der Waals surface area contributed by atoms with Crippen molar-refractivity contribution >= 4 is 11.9 Å². The first-order valence-electron chi connectivity index (χ1n) is 7.25. The number of carboxylic acid groups (broad SMARTS) is 1. The number of amides is 1. The summed E-state index contributed by atoms with van der Waals surface area (Å²) in [6.45, 7) is 1.10. The molecule has 7 heteroatoms. The zero-order valence-electron chi connectivity index (χ0n) is 12.4. The van der Waals surface area contributed by atoms with Crippen LogP contribution in [0.15, 0.2) is 23.1 Å². The summed E-state index contributed by atoms with van der Waals surface area (Å²) in [6.07, 6.45) is 2.89. The second-order valence-corrected chi connectivity index (χ2v) is 5.44. The third-order valence-corrected chi connectivity index (χ3v) is 4.00. The predicted octanol–water partition coefficient (Wildman–Crippen LogP) is 0.242. The second-order valence-electron chi connectivity index (χ2n) is 5.44. The lowest BCUT2D eigenvalue weighted by Crippen LogP contribution is -2.40. The number of pyridine rings is 1. The molecule has 1 saturated heterocycles. The van der Waals surface area contributed by atoms with Crippen LogP contribution in [0.4, 0.5) is 0 Å². The Balaban J connectivity index is 2.02. The Bertz CT molecular complexity index is 604. The predicted molar refractivity (Wildman–Crippen MR) is 78.7 cm³/mol. The molecule has 0 aromatic carbocycles. The zero-order valence-corrected chi connectivity index (χ0v) is 12.4. The van der Waals surface area contributed by atoms with Gasteiger partial charge in [0, 0.05) is 33.0 Å². The van der Waals surface area contributed by atoms with Crippen LogP contribution in [0, 0.1) is 11.8 Å². The summed E-state index contributed by atoms with van der Waals surface area (Å²) < 4.78 is 6.54. The highest BCUT2D eigenvalue weighted by molar-refractivity contribution is 5.94. The quantitative estimate of drug-likeness (QED) is 0.812. The van der Waals surface area contributed by atoms with Gasteiger partial charge in [-0.25, -0.2) is 0 Å². The third-order valence-electron chi connectivity index (χ3n) is 4.00. The summed E-state index contributed by atoms with van der Waals surface area (Å²) in [6, 6.07) is 3.03. The van der Waals surface area contributed by atoms with E-state index in [1.165, 1.54) is 10.6 Å². The van der Waals surface area contributed by atoms with Crippen LogP contribution in [-0.4, -0.2) is 41.3 Å². The number of ether oxygens (including phenoxy) is 1. The topological polar surface area (TPSA) is 97.6 Å². The average Bonchev–Trinajstić information content (AvgIpc) is 2.50. The number of aromatic nitrogens is 1. The summed E-state index contributed by atoms with van der Waals surface area (Å²) in [5.41, 5.74) is -0.390. The number of nitrogens with one attached hydrogen (secondary N) is 1. The standard InChI is InChI=1S/C15H20N2O5/c1-17-6-2-3-11(14(17)19)13(18)16-9-12(15(20)21)10-4-7-22-8-5-10/h2-3,6,10,12H,4-5,7-9H2,1H3,(H,16,18)(H,20,21). The minimum absolute atomic E-state index is 0.0108. The van der Waals surface area contributed by atoms with Gasteiger partial charge in [-0.3, -0.25) is 14.4 Å². The molecule has 1 atom stereocenters. The molecule has 1 aromatic heterocycles. The number of carbonyl (C=O) groups is 2. The van der Waals surface area contributed by atoms with Gasteiger partial charge >= 0.3 is 5.97 Å². The maximum Gasteiger partial charge on any atom is 0.308 e. The van der Waals surface area contributed by atoms with Crippen LogP contribution in [0.2, 0.25) is 0 Å². The minimum atomic E-state index is -0.937. The fraction of sp³-hybridized carbons (Fsp3) is 0.533. The number of rotatable bonds is 5. The van der Waals surface area contributed by atoms with Crippen LogP contribution in [0.25, 0.3) is 0 Å². The van der Waals surface area contributed by atoms with E-state index in [-0.39, 0.29) is 18.0 Å². The Morgan fingerprint density at radius 1 is 1.45 bits per heavy atom. The number of hydrogen-bond donors (Lipinski definition) is 2. The van der Waals surface area contributed by atoms with E-state index in [0.717, 1.165) is 0 Å². The van der Waals surface area contributed by atoms with E-state index in [1.54, 1.807) is 19.3 Å². The zero-order chi connectivity index (χ0) is 16.1. The smallest absolute Gasteiger partial charge is 0.308 e. The van der Waals surface area contributed by atoms with Gasteiger partial charge in [-0.15, -0.1) is 0 Å². The number of aryl methyl sites for hydroxylation is 1. The van der Waals surface area contributed by atoms with Crippen LogP contribution in [0.3, 0.4) is 0 Å². The Kier molecular flexibility index (Phi) is 5.32. The van der Waals surface area contributed by atoms with E-state index >= 15 is 0 Å². The molecule has 0 bridgehead atoms. The highest BCUT2D eigenvalue weighted by Crippen LogP contribution is 2.23. The van der Waals surface area contributed by atoms with Gasteiger partial charge in [-0.2, -0.15) is 0 Å². The molecule has 2 rings (SSSR count). The molecule has 0 spiro atoms. The van der Waals surface area contributed by atoms with Gasteiger partial charge in [0.15, 0.2) is 0 Å². The van der Waals surface area contributed by atoms with Gasteiger partial charge in [0.2, 0.25) is 0 Å². The first-order chi connectivity index (χ1) is 10.5. The molecular formula is C15H20N2O5. The minimum Gasteiger partial charge on any atom is -0.481 e. The molecule has 0 radical (unpaired) electrons. The molecule has 0 aliphatic carbocycles. The molecule has 1 aliphatic rings. The van der Waals surface area contributed by atoms with Crippen LogP contribution in [0.1, 0.15) is 23.2 Å². The van der Waals surface area contributed by atoms with Gasteiger partial charge in [0.25, 0.3) is 11.5 Å². The Morgan fingerprint density at radius 3 is 2.77 bits per heavy atom. The summed E-state index contributed by atoms with van der Waals surface area (Å²) in [5, 5.41) is 11.9. The van der Waals surface area contributed by atoms with E-state index in [2.05, 4.69) is 5.32 Å². The van der Waals surface area contributed by atoms with Crippen molar-refractivity contribution in [1.82, 2.24) is 9.88 Å². The maximum atomic E-state index is 12.1. The van der Waals surface area contributed by atoms with Crippen molar-refractivity contribution in [3.63, 3.8) is 0 Å². The summed E-state index contributed by atoms with van der Waals surface area (Å²) in [4.78, 5) is 35.4. The first-order valence-corrected chi connectivity index (χ1v) is 7.25. The highest BCUT2D eigenvalue weighted by atomic mass is 16.5. The lowest BCUT2D eigenvalue weighted by molar-refractivity contribution is -0.144. The fourth-order valence-corrected chi connectivity index (χ4v) is 2.64. The van der Waals surface area contributed by atoms with Gasteiger partial charge < -0.3 is 19.7 Å². The molecule has 1 aromatic rings. The SMILES string of the molecule is Cn1cccc(C(=O)NCC(C(=O)O)C2CCOCC2)c1=O. The lowest BCUT2D eigenvalue weighted by atomic mass is 9.86. The molecule has 2 N–H and O–H groups in total. The Hall–Kier alpha value is -2.15. The van der Waals surface area contributed by atoms with Crippen LogP contribution >= 0.6 is 0 Å². The van der Waals surface area contributed by atoms with Gasteiger partial charge in [-0.1, -0.05) is 0 Å². The van der Waals surface area contributed by atoms with Crippen molar-refractivity contribution in [2.45, 2.75) is 12.8 Å². The molecule has 1 unspecified atom stereocenters. The van der Waals surface area contributed by atoms with Gasteiger partial charge in [-0.05, 0) is 30.9 Å². The lowest BCUT2D eigenvalue weighted by Gasteiger charge is -2.27. The fourth-order valence-electron chi connectivity index (χ4n) is 2.64. The van der Waals surface area contributed by atoms with Gasteiger partial charge in [0.05, 0.1) is 5.92 Å². The van der Waals surface area contributed by atoms with E-state index < -0.39 is 23.4 Å². The number of carbonyl (C=O) groups excluding carboxylic acids is 1. The van der Waals surface area contributed by atoms with E-state index in [4.69, 9.17) is 4.74 Å². The molecule has 0 saturated carbocycles. The Morgan fingerprint density at radius 2 is 2.14 bits per heavy atom.